The number of rotatable bonds is 8. The van der Waals surface area contributed by atoms with E-state index in [2.05, 4.69) is 21.2 Å². The van der Waals surface area contributed by atoms with Gasteiger partial charge in [-0.25, -0.2) is 9.82 Å². The average molecular weight is 414 g/mol. The van der Waals surface area contributed by atoms with Gasteiger partial charge in [-0.1, -0.05) is 19.1 Å². The second kappa shape index (κ2) is 11.3. The number of para-hydroxylation sites is 1. The maximum absolute atomic E-state index is 12.9. The predicted molar refractivity (Wildman–Crippen MR) is 111 cm³/mol. The van der Waals surface area contributed by atoms with E-state index in [0.29, 0.717) is 23.4 Å². The first-order valence-corrected chi connectivity index (χ1v) is 9.30. The third-order valence-corrected chi connectivity index (χ3v) is 3.97. The van der Waals surface area contributed by atoms with Crippen molar-refractivity contribution in [1.82, 2.24) is 10.7 Å². The summed E-state index contributed by atoms with van der Waals surface area (Å²) in [6, 6.07) is 12.0. The van der Waals surface area contributed by atoms with Gasteiger partial charge in [0.2, 0.25) is 0 Å². The molecule has 0 bridgehead atoms. The number of halogens is 1. The van der Waals surface area contributed by atoms with Crippen molar-refractivity contribution in [2.24, 2.45) is 5.10 Å². The number of ether oxygens (including phenoxy) is 1. The minimum atomic E-state index is -0.886. The number of benzene rings is 2. The lowest BCUT2D eigenvalue weighted by molar-refractivity contribution is -0.139. The Kier molecular flexibility index (Phi) is 8.49. The lowest BCUT2D eigenvalue weighted by Gasteiger charge is -2.10. The molecule has 0 aliphatic heterocycles. The maximum atomic E-state index is 12.9. The Morgan fingerprint density at radius 2 is 1.80 bits per heavy atom. The number of nitrogens with one attached hydrogen (secondary N) is 3. The van der Waals surface area contributed by atoms with Crippen molar-refractivity contribution < 1.29 is 23.5 Å². The molecule has 3 N–H and O–H groups in total. The minimum Gasteiger partial charge on any atom is -0.483 e. The summed E-state index contributed by atoms with van der Waals surface area (Å²) >= 11 is 0. The molecule has 0 saturated carbocycles. The van der Waals surface area contributed by atoms with Gasteiger partial charge in [-0.05, 0) is 49.7 Å². The fraction of sp³-hybridized carbons (Fsp3) is 0.238. The SMILES string of the molecule is CC[C@@H](C)NC(=O)C(=O)N/N=C\c1ccccc1OCC(=O)Nc1ccc(F)cc1. The number of amides is 3. The summed E-state index contributed by atoms with van der Waals surface area (Å²) in [6.07, 6.45) is 2.00. The van der Waals surface area contributed by atoms with Crippen molar-refractivity contribution in [3.05, 3.63) is 59.9 Å². The Morgan fingerprint density at radius 3 is 2.50 bits per heavy atom. The molecular weight excluding hydrogens is 391 g/mol. The van der Waals surface area contributed by atoms with Gasteiger partial charge in [0.15, 0.2) is 6.61 Å². The summed E-state index contributed by atoms with van der Waals surface area (Å²) in [5.41, 5.74) is 3.08. The van der Waals surface area contributed by atoms with E-state index in [1.165, 1.54) is 30.5 Å². The van der Waals surface area contributed by atoms with Gasteiger partial charge in [-0.2, -0.15) is 5.10 Å². The van der Waals surface area contributed by atoms with E-state index >= 15 is 0 Å². The zero-order chi connectivity index (χ0) is 21.9. The van der Waals surface area contributed by atoms with Crippen LogP contribution in [-0.4, -0.2) is 36.6 Å². The number of hydrazone groups is 1. The predicted octanol–water partition coefficient (Wildman–Crippen LogP) is 2.21. The molecule has 2 aromatic carbocycles. The molecule has 0 saturated heterocycles. The lowest BCUT2D eigenvalue weighted by Crippen LogP contribution is -2.41. The smallest absolute Gasteiger partial charge is 0.329 e. The number of nitrogens with zero attached hydrogens (tertiary/aromatic N) is 1. The zero-order valence-electron chi connectivity index (χ0n) is 16.6. The molecule has 2 aromatic rings. The number of hydrogen-bond donors (Lipinski definition) is 3. The van der Waals surface area contributed by atoms with Crippen LogP contribution in [-0.2, 0) is 14.4 Å². The van der Waals surface area contributed by atoms with Crippen molar-refractivity contribution in [3.8, 4) is 5.75 Å². The largest absolute Gasteiger partial charge is 0.483 e. The molecule has 0 fully saturated rings. The molecule has 0 aliphatic carbocycles. The Bertz CT molecular complexity index is 915. The number of carbonyl (C=O) groups excluding carboxylic acids is 3. The molecule has 3 amide bonds. The number of hydrogen-bond acceptors (Lipinski definition) is 5. The van der Waals surface area contributed by atoms with E-state index in [1.54, 1.807) is 31.2 Å². The van der Waals surface area contributed by atoms with E-state index in [4.69, 9.17) is 4.74 Å². The Hall–Kier alpha value is -3.75. The summed E-state index contributed by atoms with van der Waals surface area (Å²) in [5, 5.41) is 8.87. The monoisotopic (exact) mass is 414 g/mol. The molecule has 0 unspecified atom stereocenters. The molecule has 2 rings (SSSR count). The molecule has 8 nitrogen and oxygen atoms in total. The normalized spacial score (nSPS) is 11.6. The summed E-state index contributed by atoms with van der Waals surface area (Å²) in [5.74, 6) is -2.13. The summed E-state index contributed by atoms with van der Waals surface area (Å²) in [7, 11) is 0. The van der Waals surface area contributed by atoms with Gasteiger partial charge in [-0.3, -0.25) is 14.4 Å². The van der Waals surface area contributed by atoms with Gasteiger partial charge in [0.25, 0.3) is 5.91 Å². The van der Waals surface area contributed by atoms with E-state index < -0.39 is 23.5 Å². The van der Waals surface area contributed by atoms with Crippen LogP contribution >= 0.6 is 0 Å². The molecule has 0 radical (unpaired) electrons. The second-order valence-electron chi connectivity index (χ2n) is 6.36. The highest BCUT2D eigenvalue weighted by atomic mass is 19.1. The van der Waals surface area contributed by atoms with E-state index in [0.717, 1.165) is 0 Å². The van der Waals surface area contributed by atoms with Crippen LogP contribution in [0.25, 0.3) is 0 Å². The summed E-state index contributed by atoms with van der Waals surface area (Å²) < 4.78 is 18.4. The third kappa shape index (κ3) is 7.34. The topological polar surface area (TPSA) is 109 Å². The van der Waals surface area contributed by atoms with E-state index in [-0.39, 0.29) is 12.6 Å². The summed E-state index contributed by atoms with van der Waals surface area (Å²) in [6.45, 7) is 3.39. The summed E-state index contributed by atoms with van der Waals surface area (Å²) in [4.78, 5) is 35.4. The van der Waals surface area contributed by atoms with Gasteiger partial charge in [-0.15, -0.1) is 0 Å². The molecule has 0 spiro atoms. The second-order valence-corrected chi connectivity index (χ2v) is 6.36. The Labute approximate surface area is 173 Å². The van der Waals surface area contributed by atoms with Gasteiger partial charge in [0, 0.05) is 17.3 Å². The minimum absolute atomic E-state index is 0.123. The van der Waals surface area contributed by atoms with E-state index in [1.807, 2.05) is 6.92 Å². The first-order chi connectivity index (χ1) is 14.4. The van der Waals surface area contributed by atoms with Crippen LogP contribution < -0.4 is 20.8 Å². The molecule has 1 atom stereocenters. The maximum Gasteiger partial charge on any atom is 0.329 e. The van der Waals surface area contributed by atoms with Crippen LogP contribution in [0.5, 0.6) is 5.75 Å². The fourth-order valence-electron chi connectivity index (χ4n) is 2.19. The van der Waals surface area contributed by atoms with Crippen molar-refractivity contribution in [2.75, 3.05) is 11.9 Å². The first-order valence-electron chi connectivity index (χ1n) is 9.30. The van der Waals surface area contributed by atoms with Crippen molar-refractivity contribution in [3.63, 3.8) is 0 Å². The van der Waals surface area contributed by atoms with Crippen molar-refractivity contribution >= 4 is 29.6 Å². The average Bonchev–Trinajstić information content (AvgIpc) is 2.74. The van der Waals surface area contributed by atoms with Crippen LogP contribution in [0.4, 0.5) is 10.1 Å². The molecule has 30 heavy (non-hydrogen) atoms. The highest BCUT2D eigenvalue weighted by molar-refractivity contribution is 6.35. The van der Waals surface area contributed by atoms with Gasteiger partial charge in [0.05, 0.1) is 6.21 Å². The number of carbonyl (C=O) groups is 3. The third-order valence-electron chi connectivity index (χ3n) is 3.97. The van der Waals surface area contributed by atoms with Crippen molar-refractivity contribution in [1.29, 1.82) is 0 Å². The molecule has 0 heterocycles. The molecule has 158 valence electrons. The molecule has 9 heteroatoms. The lowest BCUT2D eigenvalue weighted by atomic mass is 10.2. The molecule has 0 aliphatic rings. The highest BCUT2D eigenvalue weighted by Crippen LogP contribution is 2.16. The van der Waals surface area contributed by atoms with Crippen molar-refractivity contribution in [2.45, 2.75) is 26.3 Å². The van der Waals surface area contributed by atoms with Crippen LogP contribution in [0, 0.1) is 5.82 Å². The standard InChI is InChI=1S/C21H23FN4O4/c1-3-14(2)24-20(28)21(29)26-23-12-15-6-4-5-7-18(15)30-13-19(27)25-17-10-8-16(22)9-11-17/h4-12,14H,3,13H2,1-2H3,(H,24,28)(H,25,27)(H,26,29)/b23-12-/t14-/m1/s1. The molecule has 0 aromatic heterocycles. The van der Waals surface area contributed by atoms with Crippen LogP contribution in [0.2, 0.25) is 0 Å². The van der Waals surface area contributed by atoms with Gasteiger partial charge < -0.3 is 15.4 Å². The quantitative estimate of drug-likeness (QED) is 0.350. The Morgan fingerprint density at radius 1 is 1.10 bits per heavy atom. The highest BCUT2D eigenvalue weighted by Gasteiger charge is 2.14. The van der Waals surface area contributed by atoms with E-state index in [9.17, 15) is 18.8 Å². The van der Waals surface area contributed by atoms with Crippen LogP contribution in [0.15, 0.2) is 53.6 Å². The first kappa shape index (κ1) is 22.5. The fourth-order valence-corrected chi connectivity index (χ4v) is 2.19. The van der Waals surface area contributed by atoms with Crippen LogP contribution in [0.1, 0.15) is 25.8 Å². The number of anilines is 1. The van der Waals surface area contributed by atoms with Crippen LogP contribution in [0.3, 0.4) is 0 Å². The molecular formula is C21H23FN4O4. The van der Waals surface area contributed by atoms with Gasteiger partial charge >= 0.3 is 11.8 Å². The Balaban J connectivity index is 1.89. The zero-order valence-corrected chi connectivity index (χ0v) is 16.6. The van der Waals surface area contributed by atoms with Gasteiger partial charge in [0.1, 0.15) is 11.6 Å².